The zero-order valence-electron chi connectivity index (χ0n) is 13.3. The summed E-state index contributed by atoms with van der Waals surface area (Å²) in [7, 11) is 3.85. The Bertz CT molecular complexity index is 949. The van der Waals surface area contributed by atoms with E-state index in [1.165, 1.54) is 30.3 Å². The van der Waals surface area contributed by atoms with E-state index in [1.54, 1.807) is 6.07 Å². The molecular formula is C18H17FNO4+. The summed E-state index contributed by atoms with van der Waals surface area (Å²) in [6, 6.07) is 8.73. The van der Waals surface area contributed by atoms with Crippen molar-refractivity contribution in [3.63, 3.8) is 0 Å². The molecule has 0 radical (unpaired) electrons. The fraction of sp³-hybridized carbons (Fsp3) is 0.167. The minimum Gasteiger partial charge on any atom is -0.507 e. The van der Waals surface area contributed by atoms with Crippen LogP contribution in [0, 0.1) is 5.82 Å². The molecule has 0 saturated carbocycles. The molecule has 2 aromatic carbocycles. The summed E-state index contributed by atoms with van der Waals surface area (Å²) in [6.07, 6.45) is 1.14. The standard InChI is InChI=1S/C18H16FNO4/c1-20(2)9-12-14(21)8-7-11-17(22)16(10-23-18(11)12)24-15-6-4-3-5-13(15)19/h3-8,10,21H,9H2,1-2H3/p+1. The SMILES string of the molecule is C[NH+](C)Cc1c(O)ccc2c(=O)c(Oc3ccccc3F)coc12. The van der Waals surface area contributed by atoms with Crippen molar-refractivity contribution >= 4 is 11.0 Å². The lowest BCUT2D eigenvalue weighted by Crippen LogP contribution is -3.04. The van der Waals surface area contributed by atoms with E-state index in [0.717, 1.165) is 11.2 Å². The molecule has 0 aliphatic carbocycles. The average Bonchev–Trinajstić information content (AvgIpc) is 2.54. The molecular weight excluding hydrogens is 313 g/mol. The first-order chi connectivity index (χ1) is 11.5. The minimum absolute atomic E-state index is 0.0547. The molecule has 5 nitrogen and oxygen atoms in total. The van der Waals surface area contributed by atoms with Crippen molar-refractivity contribution in [3.8, 4) is 17.2 Å². The average molecular weight is 330 g/mol. The van der Waals surface area contributed by atoms with Crippen LogP contribution in [0.15, 0.2) is 51.9 Å². The topological polar surface area (TPSA) is 64.1 Å². The number of quaternary nitrogens is 1. The van der Waals surface area contributed by atoms with Crippen LogP contribution in [0.1, 0.15) is 5.56 Å². The van der Waals surface area contributed by atoms with E-state index < -0.39 is 11.2 Å². The van der Waals surface area contributed by atoms with E-state index in [0.29, 0.717) is 17.7 Å². The van der Waals surface area contributed by atoms with E-state index in [4.69, 9.17) is 9.15 Å². The Balaban J connectivity index is 2.11. The molecule has 3 rings (SSSR count). The van der Waals surface area contributed by atoms with Gasteiger partial charge in [0.15, 0.2) is 17.1 Å². The molecule has 1 aromatic heterocycles. The highest BCUT2D eigenvalue weighted by Gasteiger charge is 2.17. The number of ether oxygens (including phenoxy) is 1. The maximum Gasteiger partial charge on any atom is 0.235 e. The van der Waals surface area contributed by atoms with Crippen LogP contribution >= 0.6 is 0 Å². The first-order valence-electron chi connectivity index (χ1n) is 7.45. The van der Waals surface area contributed by atoms with Gasteiger partial charge in [-0.05, 0) is 24.3 Å². The number of nitrogens with one attached hydrogen (secondary N) is 1. The second-order valence-corrected chi connectivity index (χ2v) is 5.79. The molecule has 0 amide bonds. The molecule has 0 saturated heterocycles. The van der Waals surface area contributed by atoms with Gasteiger partial charge < -0.3 is 19.2 Å². The minimum atomic E-state index is -0.570. The van der Waals surface area contributed by atoms with E-state index in [2.05, 4.69) is 0 Å². The molecule has 3 aromatic rings. The number of phenols is 1. The molecule has 0 fully saturated rings. The number of rotatable bonds is 4. The van der Waals surface area contributed by atoms with E-state index in [-0.39, 0.29) is 22.6 Å². The fourth-order valence-electron chi connectivity index (χ4n) is 2.47. The number of hydrogen-bond donors (Lipinski definition) is 2. The van der Waals surface area contributed by atoms with Gasteiger partial charge in [0.05, 0.1) is 25.0 Å². The molecule has 0 unspecified atom stereocenters. The van der Waals surface area contributed by atoms with E-state index in [1.807, 2.05) is 14.1 Å². The maximum atomic E-state index is 13.7. The number of fused-ring (bicyclic) bond motifs is 1. The van der Waals surface area contributed by atoms with Gasteiger partial charge in [0, 0.05) is 0 Å². The Morgan fingerprint density at radius 3 is 2.62 bits per heavy atom. The zero-order chi connectivity index (χ0) is 17.3. The lowest BCUT2D eigenvalue weighted by molar-refractivity contribution is -0.872. The highest BCUT2D eigenvalue weighted by molar-refractivity contribution is 5.82. The van der Waals surface area contributed by atoms with Gasteiger partial charge in [0.1, 0.15) is 18.6 Å². The summed E-state index contributed by atoms with van der Waals surface area (Å²) < 4.78 is 24.6. The van der Waals surface area contributed by atoms with Gasteiger partial charge in [-0.25, -0.2) is 4.39 Å². The third-order valence-electron chi connectivity index (χ3n) is 3.57. The Kier molecular flexibility index (Phi) is 4.22. The largest absolute Gasteiger partial charge is 0.507 e. The molecule has 24 heavy (non-hydrogen) atoms. The summed E-state index contributed by atoms with van der Waals surface area (Å²) in [4.78, 5) is 13.7. The molecule has 124 valence electrons. The zero-order valence-corrected chi connectivity index (χ0v) is 13.3. The highest BCUT2D eigenvalue weighted by atomic mass is 19.1. The van der Waals surface area contributed by atoms with Gasteiger partial charge in [0.2, 0.25) is 11.2 Å². The van der Waals surface area contributed by atoms with Gasteiger partial charge in [-0.15, -0.1) is 0 Å². The second kappa shape index (κ2) is 6.33. The smallest absolute Gasteiger partial charge is 0.235 e. The van der Waals surface area contributed by atoms with Crippen molar-refractivity contribution < 1.29 is 23.6 Å². The van der Waals surface area contributed by atoms with Crippen LogP contribution in [0.3, 0.4) is 0 Å². The highest BCUT2D eigenvalue weighted by Crippen LogP contribution is 2.28. The van der Waals surface area contributed by atoms with Crippen LogP contribution < -0.4 is 15.1 Å². The second-order valence-electron chi connectivity index (χ2n) is 5.79. The van der Waals surface area contributed by atoms with Crippen LogP contribution in [0.25, 0.3) is 11.0 Å². The molecule has 0 bridgehead atoms. The van der Waals surface area contributed by atoms with Crippen molar-refractivity contribution in [1.82, 2.24) is 0 Å². The van der Waals surface area contributed by atoms with Crippen molar-refractivity contribution in [2.75, 3.05) is 14.1 Å². The maximum absolute atomic E-state index is 13.7. The Labute approximate surface area is 137 Å². The fourth-order valence-corrected chi connectivity index (χ4v) is 2.47. The molecule has 0 spiro atoms. The Morgan fingerprint density at radius 1 is 1.17 bits per heavy atom. The summed E-state index contributed by atoms with van der Waals surface area (Å²) in [5, 5.41) is 10.3. The Hall–Kier alpha value is -2.86. The first-order valence-corrected chi connectivity index (χ1v) is 7.45. The van der Waals surface area contributed by atoms with Crippen LogP contribution in [0.4, 0.5) is 4.39 Å². The lowest BCUT2D eigenvalue weighted by Gasteiger charge is -2.12. The summed E-state index contributed by atoms with van der Waals surface area (Å²) in [5.74, 6) is -0.670. The van der Waals surface area contributed by atoms with Gasteiger partial charge in [0.25, 0.3) is 0 Å². The predicted molar refractivity (Wildman–Crippen MR) is 87.1 cm³/mol. The van der Waals surface area contributed by atoms with Gasteiger partial charge in [-0.3, -0.25) is 4.79 Å². The van der Waals surface area contributed by atoms with Gasteiger partial charge >= 0.3 is 0 Å². The summed E-state index contributed by atoms with van der Waals surface area (Å²) in [6.45, 7) is 0.486. The Morgan fingerprint density at radius 2 is 1.92 bits per heavy atom. The number of phenolic OH excluding ortho intramolecular Hbond substituents is 1. The molecule has 0 atom stereocenters. The van der Waals surface area contributed by atoms with Gasteiger partial charge in [-0.1, -0.05) is 12.1 Å². The monoisotopic (exact) mass is 330 g/mol. The molecule has 0 aliphatic heterocycles. The van der Waals surface area contributed by atoms with Crippen molar-refractivity contribution in [1.29, 1.82) is 0 Å². The number of halogens is 1. The molecule has 0 aliphatic rings. The van der Waals surface area contributed by atoms with Crippen LogP contribution in [0.5, 0.6) is 17.2 Å². The van der Waals surface area contributed by atoms with Crippen molar-refractivity contribution in [2.24, 2.45) is 0 Å². The molecule has 2 N–H and O–H groups in total. The quantitative estimate of drug-likeness (QED) is 0.769. The number of hydrogen-bond acceptors (Lipinski definition) is 4. The third-order valence-corrected chi connectivity index (χ3v) is 3.57. The lowest BCUT2D eigenvalue weighted by atomic mass is 10.1. The normalized spacial score (nSPS) is 11.2. The number of aromatic hydroxyl groups is 1. The number of para-hydroxylation sites is 1. The first kappa shape index (κ1) is 16.0. The molecule has 1 heterocycles. The van der Waals surface area contributed by atoms with Crippen LogP contribution in [-0.2, 0) is 6.54 Å². The van der Waals surface area contributed by atoms with Crippen LogP contribution in [-0.4, -0.2) is 19.2 Å². The summed E-state index contributed by atoms with van der Waals surface area (Å²) >= 11 is 0. The van der Waals surface area contributed by atoms with Crippen LogP contribution in [0.2, 0.25) is 0 Å². The van der Waals surface area contributed by atoms with E-state index >= 15 is 0 Å². The van der Waals surface area contributed by atoms with Crippen molar-refractivity contribution in [2.45, 2.75) is 6.54 Å². The third kappa shape index (κ3) is 2.96. The summed E-state index contributed by atoms with van der Waals surface area (Å²) in [5.41, 5.74) is 0.429. The van der Waals surface area contributed by atoms with Gasteiger partial charge in [-0.2, -0.15) is 0 Å². The van der Waals surface area contributed by atoms with Crippen molar-refractivity contribution in [3.05, 3.63) is 64.3 Å². The number of benzene rings is 2. The predicted octanol–water partition coefficient (Wildman–Crippen LogP) is 2.07. The van der Waals surface area contributed by atoms with E-state index in [9.17, 15) is 14.3 Å². The molecule has 6 heteroatoms.